The molecule has 3 aromatic heterocycles. The van der Waals surface area contributed by atoms with Crippen molar-refractivity contribution in [1.82, 2.24) is 51.1 Å². The minimum absolute atomic E-state index is 0.0341. The van der Waals surface area contributed by atoms with Crippen LogP contribution in [0.3, 0.4) is 0 Å². The molecule has 26 heteroatoms. The number of aliphatic hydroxyl groups excluding tert-OH is 1. The van der Waals surface area contributed by atoms with Crippen LogP contribution in [0.15, 0.2) is 79.0 Å². The summed E-state index contributed by atoms with van der Waals surface area (Å²) in [7, 11) is 0. The molecule has 0 fully saturated rings. The quantitative estimate of drug-likeness (QED) is 0.0210. The molecule has 440 valence electrons. The number of H-pyrrole nitrogens is 1. The molecular weight excluding hydrogens is 1060 g/mol. The zero-order chi connectivity index (χ0) is 58.6. The average Bonchev–Trinajstić information content (AvgIpc) is 4.06. The molecule has 4 heterocycles. The number of carbonyl (C=O) groups excluding carboxylic acids is 7. The number of carbonyl (C=O) groups is 7. The van der Waals surface area contributed by atoms with E-state index in [1.807, 2.05) is 43.3 Å². The number of imide groups is 1. The van der Waals surface area contributed by atoms with Crippen LogP contribution in [-0.2, 0) is 60.9 Å². The van der Waals surface area contributed by atoms with E-state index in [1.54, 1.807) is 44.3 Å². The third kappa shape index (κ3) is 20.9. The molecule has 2 atom stereocenters. The van der Waals surface area contributed by atoms with E-state index >= 15 is 0 Å². The van der Waals surface area contributed by atoms with Crippen molar-refractivity contribution in [2.45, 2.75) is 78.2 Å². The normalized spacial score (nSPS) is 12.8. The molecule has 0 bridgehead atoms. The van der Waals surface area contributed by atoms with Gasteiger partial charge in [0.25, 0.3) is 11.8 Å². The Morgan fingerprint density at radius 3 is 2.12 bits per heavy atom. The monoisotopic (exact) mass is 1140 g/mol. The summed E-state index contributed by atoms with van der Waals surface area (Å²) in [5.74, 6) is -1.86. The van der Waals surface area contributed by atoms with Crippen LogP contribution >= 0.6 is 0 Å². The van der Waals surface area contributed by atoms with E-state index in [2.05, 4.69) is 51.5 Å². The SMILES string of the molecule is Cc1cccc(-c2nc(CO)[nH]c2-c2ccc3ncc(OCCCCNC(=O)OCc4ccc(NC(=O)C(CCCNC(N)=O)NC(=O)C(NC(=O)CCOCCOCCOCCOCCN5C(=O)C=CC5=O)C(C)C)cc4)nc3c2)n1. The molecule has 2 aromatic carbocycles. The largest absolute Gasteiger partial charge is 0.477 e. The molecule has 82 heavy (non-hydrogen) atoms. The fourth-order valence-corrected chi connectivity index (χ4v) is 8.06. The summed E-state index contributed by atoms with van der Waals surface area (Å²) in [6.45, 7) is 8.06. The van der Waals surface area contributed by atoms with Crippen LogP contribution in [0.25, 0.3) is 33.7 Å². The van der Waals surface area contributed by atoms with Crippen molar-refractivity contribution in [2.24, 2.45) is 11.7 Å². The molecule has 0 saturated heterocycles. The number of aliphatic hydroxyl groups is 1. The predicted octanol–water partition coefficient (Wildman–Crippen LogP) is 3.36. The Balaban J connectivity index is 0.851. The van der Waals surface area contributed by atoms with Crippen molar-refractivity contribution in [3.8, 4) is 28.5 Å². The van der Waals surface area contributed by atoms with E-state index in [4.69, 9.17) is 34.2 Å². The highest BCUT2D eigenvalue weighted by atomic mass is 16.6. The Kier molecular flexibility index (Phi) is 25.5. The Labute approximate surface area is 474 Å². The van der Waals surface area contributed by atoms with Crippen LogP contribution in [0.4, 0.5) is 15.3 Å². The van der Waals surface area contributed by atoms with Crippen molar-refractivity contribution >= 4 is 58.4 Å². The summed E-state index contributed by atoms with van der Waals surface area (Å²) in [5, 5.41) is 23.3. The van der Waals surface area contributed by atoms with Gasteiger partial charge in [0.15, 0.2) is 0 Å². The second-order valence-corrected chi connectivity index (χ2v) is 19.0. The van der Waals surface area contributed by atoms with Crippen LogP contribution < -0.4 is 37.1 Å². The van der Waals surface area contributed by atoms with Gasteiger partial charge in [0, 0.05) is 48.6 Å². The first-order chi connectivity index (χ1) is 39.7. The van der Waals surface area contributed by atoms with Crippen molar-refractivity contribution in [3.63, 3.8) is 0 Å². The molecule has 0 radical (unpaired) electrons. The van der Waals surface area contributed by atoms with Crippen molar-refractivity contribution in [1.29, 1.82) is 0 Å². The molecule has 5 aromatic rings. The molecule has 9 N–H and O–H groups in total. The highest BCUT2D eigenvalue weighted by Gasteiger charge is 2.29. The summed E-state index contributed by atoms with van der Waals surface area (Å²) in [4.78, 5) is 110. The second kappa shape index (κ2) is 33.4. The maximum atomic E-state index is 13.6. The third-order valence-electron chi connectivity index (χ3n) is 12.3. The first kappa shape index (κ1) is 62.8. The summed E-state index contributed by atoms with van der Waals surface area (Å²) in [5.41, 5.74) is 11.1. The Morgan fingerprint density at radius 2 is 1.44 bits per heavy atom. The number of nitrogens with one attached hydrogen (secondary N) is 6. The van der Waals surface area contributed by atoms with Crippen LogP contribution in [0.5, 0.6) is 5.88 Å². The number of pyridine rings is 1. The number of amides is 8. The van der Waals surface area contributed by atoms with E-state index in [-0.39, 0.29) is 89.9 Å². The maximum absolute atomic E-state index is 13.6. The highest BCUT2D eigenvalue weighted by Crippen LogP contribution is 2.31. The maximum Gasteiger partial charge on any atom is 0.407 e. The first-order valence-electron chi connectivity index (χ1n) is 27.0. The lowest BCUT2D eigenvalue weighted by Gasteiger charge is -2.25. The predicted molar refractivity (Wildman–Crippen MR) is 298 cm³/mol. The zero-order valence-corrected chi connectivity index (χ0v) is 46.2. The zero-order valence-electron chi connectivity index (χ0n) is 46.2. The molecule has 0 saturated carbocycles. The third-order valence-corrected chi connectivity index (χ3v) is 12.3. The van der Waals surface area contributed by atoms with Crippen LogP contribution in [0, 0.1) is 12.8 Å². The van der Waals surface area contributed by atoms with Gasteiger partial charge in [-0.25, -0.2) is 24.5 Å². The van der Waals surface area contributed by atoms with Gasteiger partial charge in [0.05, 0.1) is 94.6 Å². The Bertz CT molecular complexity index is 2940. The number of aromatic amines is 1. The second-order valence-electron chi connectivity index (χ2n) is 19.0. The van der Waals surface area contributed by atoms with Gasteiger partial charge in [-0.3, -0.25) is 33.9 Å². The standard InChI is InChI=1S/C56H72N12O14/c1-36(2)50(67-46(70)19-24-77-26-28-79-30-31-80-29-27-78-25-22-68-48(71)17-18-49(68)72)54(74)64-43(10-7-21-58-55(57)75)53(73)62-40-14-11-38(12-15-40)35-82-56(76)59-20-4-5-23-81-47-33-60-41-16-13-39(32-44(41)63-47)51-52(66-45(34-69)65-51)42-9-6-8-37(3)61-42/h6,8-9,11-18,32-33,36,43,50,69H,4-5,7,10,19-31,34-35H2,1-3H3,(H,59,76)(H,62,73)(H,64,74)(H,65,66)(H,67,70)(H3,57,58,75). The van der Waals surface area contributed by atoms with E-state index in [0.717, 1.165) is 16.2 Å². The lowest BCUT2D eigenvalue weighted by Crippen LogP contribution is -2.54. The fourth-order valence-electron chi connectivity index (χ4n) is 8.06. The number of primary amides is 1. The van der Waals surface area contributed by atoms with Gasteiger partial charge in [-0.2, -0.15) is 0 Å². The topological polar surface area (TPSA) is 352 Å². The Morgan fingerprint density at radius 1 is 0.744 bits per heavy atom. The molecular formula is C56H72N12O14. The van der Waals surface area contributed by atoms with Gasteiger partial charge in [-0.1, -0.05) is 38.1 Å². The van der Waals surface area contributed by atoms with E-state index in [1.165, 1.54) is 12.2 Å². The minimum atomic E-state index is -1.06. The number of hydrogen-bond donors (Lipinski definition) is 8. The molecule has 1 aliphatic heterocycles. The van der Waals surface area contributed by atoms with E-state index < -0.39 is 41.9 Å². The molecule has 2 unspecified atom stereocenters. The van der Waals surface area contributed by atoms with Crippen molar-refractivity contribution < 1.29 is 67.1 Å². The number of benzene rings is 2. The number of ether oxygens (including phenoxy) is 6. The lowest BCUT2D eigenvalue weighted by molar-refractivity contribution is -0.137. The number of aryl methyl sites for hydroxylation is 1. The van der Waals surface area contributed by atoms with Gasteiger partial charge in [0.1, 0.15) is 36.8 Å². The van der Waals surface area contributed by atoms with Crippen LogP contribution in [0.2, 0.25) is 0 Å². The number of nitrogens with two attached hydrogens (primary N) is 1. The number of unbranched alkanes of at least 4 members (excludes halogenated alkanes) is 1. The number of hydrogen-bond acceptors (Lipinski definition) is 18. The number of rotatable bonds is 36. The lowest BCUT2D eigenvalue weighted by atomic mass is 10.0. The summed E-state index contributed by atoms with van der Waals surface area (Å²) in [6, 6.07) is 15.1. The first-order valence-corrected chi connectivity index (χ1v) is 27.0. The number of fused-ring (bicyclic) bond motifs is 1. The molecule has 1 aliphatic rings. The minimum Gasteiger partial charge on any atom is -0.477 e. The van der Waals surface area contributed by atoms with Gasteiger partial charge in [0.2, 0.25) is 23.6 Å². The van der Waals surface area contributed by atoms with E-state index in [0.29, 0.717) is 103 Å². The van der Waals surface area contributed by atoms with Crippen molar-refractivity contribution in [3.05, 3.63) is 96.1 Å². The molecule has 0 aliphatic carbocycles. The Hall–Kier alpha value is -8.43. The summed E-state index contributed by atoms with van der Waals surface area (Å²) < 4.78 is 33.1. The number of aromatic nitrogens is 5. The number of nitrogens with zero attached hydrogens (tertiary/aromatic N) is 5. The molecule has 6 rings (SSSR count). The number of urea groups is 1. The number of imidazole rings is 1. The number of alkyl carbamates (subject to hydrolysis) is 1. The van der Waals surface area contributed by atoms with Gasteiger partial charge >= 0.3 is 12.1 Å². The van der Waals surface area contributed by atoms with Gasteiger partial charge < -0.3 is 70.8 Å². The van der Waals surface area contributed by atoms with E-state index in [9.17, 15) is 38.7 Å². The number of anilines is 1. The average molecular weight is 1140 g/mol. The van der Waals surface area contributed by atoms with Gasteiger partial charge in [-0.05, 0) is 80.5 Å². The smallest absolute Gasteiger partial charge is 0.407 e. The fraction of sp³-hybridized carbons (Fsp3) is 0.446. The molecule has 26 nitrogen and oxygen atoms in total. The molecule has 8 amide bonds. The van der Waals surface area contributed by atoms with Crippen LogP contribution in [0.1, 0.15) is 63.0 Å². The van der Waals surface area contributed by atoms with Crippen molar-refractivity contribution in [2.75, 3.05) is 84.4 Å². The van der Waals surface area contributed by atoms with Crippen LogP contribution in [-0.4, -0.2) is 168 Å². The summed E-state index contributed by atoms with van der Waals surface area (Å²) in [6.07, 6.45) is 4.97. The summed E-state index contributed by atoms with van der Waals surface area (Å²) >= 11 is 0. The molecule has 0 spiro atoms. The highest BCUT2D eigenvalue weighted by molar-refractivity contribution is 6.12. The van der Waals surface area contributed by atoms with Gasteiger partial charge in [-0.15, -0.1) is 0 Å².